The van der Waals surface area contributed by atoms with Crippen molar-refractivity contribution in [1.29, 1.82) is 0 Å². The molecular weight excluding hydrogens is 414 g/mol. The van der Waals surface area contributed by atoms with Gasteiger partial charge in [-0.25, -0.2) is 0 Å². The molecule has 3 heterocycles. The monoisotopic (exact) mass is 439 g/mol. The maximum absolute atomic E-state index is 13.5. The predicted octanol–water partition coefficient (Wildman–Crippen LogP) is 4.08. The predicted molar refractivity (Wildman–Crippen MR) is 128 cm³/mol. The van der Waals surface area contributed by atoms with Crippen molar-refractivity contribution in [2.24, 2.45) is 0 Å². The number of hydrogen-bond donors (Lipinski definition) is 1. The standard InChI is InChI=1S/C26H25N5O2/c32-26(28-23-10-4-5-11-24(23)30-13-15-33-16-14-30)22-19-31(18-20-7-2-1-3-8-20)29-25(22)21-9-6-12-27-17-21/h1-12,17,19H,13-16,18H2,(H,28,32). The first-order chi connectivity index (χ1) is 16.3. The van der Waals surface area contributed by atoms with Crippen LogP contribution in [0, 0.1) is 0 Å². The lowest BCUT2D eigenvalue weighted by atomic mass is 10.1. The van der Waals surface area contributed by atoms with Crippen molar-refractivity contribution in [3.63, 3.8) is 0 Å². The molecule has 166 valence electrons. The van der Waals surface area contributed by atoms with E-state index in [9.17, 15) is 4.79 Å². The number of morpholine rings is 1. The highest BCUT2D eigenvalue weighted by Crippen LogP contribution is 2.28. The van der Waals surface area contributed by atoms with Gasteiger partial charge in [0, 0.05) is 37.2 Å². The third kappa shape index (κ3) is 4.78. The number of ether oxygens (including phenoxy) is 1. The first-order valence-corrected chi connectivity index (χ1v) is 11.0. The average Bonchev–Trinajstić information content (AvgIpc) is 3.30. The van der Waals surface area contributed by atoms with E-state index >= 15 is 0 Å². The van der Waals surface area contributed by atoms with Crippen LogP contribution in [0.3, 0.4) is 0 Å². The molecule has 1 aliphatic rings. The van der Waals surface area contributed by atoms with Crippen LogP contribution in [-0.2, 0) is 11.3 Å². The van der Waals surface area contributed by atoms with Gasteiger partial charge in [-0.05, 0) is 29.8 Å². The minimum absolute atomic E-state index is 0.200. The van der Waals surface area contributed by atoms with E-state index in [4.69, 9.17) is 9.84 Å². The molecule has 0 aliphatic carbocycles. The largest absolute Gasteiger partial charge is 0.378 e. The number of carbonyl (C=O) groups excluding carboxylic acids is 1. The Labute approximate surface area is 192 Å². The Kier molecular flexibility index (Phi) is 6.12. The quantitative estimate of drug-likeness (QED) is 0.490. The summed E-state index contributed by atoms with van der Waals surface area (Å²) in [4.78, 5) is 19.9. The van der Waals surface area contributed by atoms with Crippen LogP contribution < -0.4 is 10.2 Å². The summed E-state index contributed by atoms with van der Waals surface area (Å²) in [5, 5.41) is 7.86. The summed E-state index contributed by atoms with van der Waals surface area (Å²) < 4.78 is 7.29. The fourth-order valence-corrected chi connectivity index (χ4v) is 4.00. The van der Waals surface area contributed by atoms with Crippen molar-refractivity contribution in [2.45, 2.75) is 6.54 Å². The SMILES string of the molecule is O=C(Nc1ccccc1N1CCOCC1)c1cn(Cc2ccccc2)nc1-c1cccnc1. The van der Waals surface area contributed by atoms with Crippen molar-refractivity contribution < 1.29 is 9.53 Å². The maximum atomic E-state index is 13.5. The lowest BCUT2D eigenvalue weighted by Gasteiger charge is -2.30. The Morgan fingerprint density at radius 3 is 2.55 bits per heavy atom. The molecule has 1 fully saturated rings. The normalized spacial score (nSPS) is 13.6. The third-order valence-corrected chi connectivity index (χ3v) is 5.63. The first kappa shape index (κ1) is 20.9. The van der Waals surface area contributed by atoms with Crippen LogP contribution in [0.2, 0.25) is 0 Å². The second-order valence-electron chi connectivity index (χ2n) is 7.89. The molecule has 0 radical (unpaired) electrons. The lowest BCUT2D eigenvalue weighted by Crippen LogP contribution is -2.36. The summed E-state index contributed by atoms with van der Waals surface area (Å²) >= 11 is 0. The van der Waals surface area contributed by atoms with Gasteiger partial charge in [0.05, 0.1) is 36.7 Å². The van der Waals surface area contributed by atoms with E-state index in [1.54, 1.807) is 17.1 Å². The molecule has 7 heteroatoms. The number of nitrogens with zero attached hydrogens (tertiary/aromatic N) is 4. The number of aromatic nitrogens is 3. The van der Waals surface area contributed by atoms with Crippen LogP contribution in [0.4, 0.5) is 11.4 Å². The molecule has 33 heavy (non-hydrogen) atoms. The zero-order chi connectivity index (χ0) is 22.5. The van der Waals surface area contributed by atoms with Crippen LogP contribution >= 0.6 is 0 Å². The average molecular weight is 440 g/mol. The van der Waals surface area contributed by atoms with Gasteiger partial charge in [-0.1, -0.05) is 42.5 Å². The molecule has 0 unspecified atom stereocenters. The van der Waals surface area contributed by atoms with Crippen molar-refractivity contribution in [3.8, 4) is 11.3 Å². The highest BCUT2D eigenvalue weighted by molar-refractivity contribution is 6.09. The van der Waals surface area contributed by atoms with Gasteiger partial charge in [0.25, 0.3) is 5.91 Å². The number of pyridine rings is 1. The van der Waals surface area contributed by atoms with Gasteiger partial charge in [-0.2, -0.15) is 5.10 Å². The summed E-state index contributed by atoms with van der Waals surface area (Å²) in [5.74, 6) is -0.200. The summed E-state index contributed by atoms with van der Waals surface area (Å²) in [6.45, 7) is 3.52. The number of nitrogens with one attached hydrogen (secondary N) is 1. The van der Waals surface area contributed by atoms with E-state index in [-0.39, 0.29) is 5.91 Å². The highest BCUT2D eigenvalue weighted by Gasteiger charge is 2.21. The van der Waals surface area contributed by atoms with Gasteiger partial charge in [0.2, 0.25) is 0 Å². The molecule has 2 aromatic carbocycles. The molecule has 1 aliphatic heterocycles. The Bertz CT molecular complexity index is 1220. The number of amides is 1. The van der Waals surface area contributed by atoms with E-state index in [1.165, 1.54) is 0 Å². The number of hydrogen-bond acceptors (Lipinski definition) is 5. The van der Waals surface area contributed by atoms with Crippen molar-refractivity contribution >= 4 is 17.3 Å². The molecule has 1 N–H and O–H groups in total. The maximum Gasteiger partial charge on any atom is 0.259 e. The Hall–Kier alpha value is -3.97. The van der Waals surface area contributed by atoms with E-state index in [0.717, 1.165) is 35.6 Å². The number of anilines is 2. The smallest absolute Gasteiger partial charge is 0.259 e. The van der Waals surface area contributed by atoms with Crippen molar-refractivity contribution in [2.75, 3.05) is 36.5 Å². The summed E-state index contributed by atoms with van der Waals surface area (Å²) in [6, 6.07) is 21.7. The second-order valence-corrected chi connectivity index (χ2v) is 7.89. The molecule has 0 saturated carbocycles. The fourth-order valence-electron chi connectivity index (χ4n) is 4.00. The summed E-state index contributed by atoms with van der Waals surface area (Å²) in [7, 11) is 0. The zero-order valence-electron chi connectivity index (χ0n) is 18.2. The lowest BCUT2D eigenvalue weighted by molar-refractivity contribution is 0.102. The van der Waals surface area contributed by atoms with Crippen LogP contribution in [0.1, 0.15) is 15.9 Å². The first-order valence-electron chi connectivity index (χ1n) is 11.0. The number of carbonyl (C=O) groups is 1. The fraction of sp³-hybridized carbons (Fsp3) is 0.192. The van der Waals surface area contributed by atoms with Gasteiger partial charge < -0.3 is 15.0 Å². The molecule has 4 aromatic rings. The molecule has 2 aromatic heterocycles. The Morgan fingerprint density at radius 1 is 0.970 bits per heavy atom. The van der Waals surface area contributed by atoms with Gasteiger partial charge in [0.15, 0.2) is 0 Å². The topological polar surface area (TPSA) is 72.3 Å². The number of benzene rings is 2. The Balaban J connectivity index is 1.46. The van der Waals surface area contributed by atoms with Crippen LogP contribution in [-0.4, -0.2) is 47.0 Å². The Morgan fingerprint density at radius 2 is 1.76 bits per heavy atom. The summed E-state index contributed by atoms with van der Waals surface area (Å²) in [6.07, 6.45) is 5.25. The number of rotatable bonds is 6. The zero-order valence-corrected chi connectivity index (χ0v) is 18.2. The summed E-state index contributed by atoms with van der Waals surface area (Å²) in [5.41, 5.74) is 4.81. The molecule has 0 bridgehead atoms. The van der Waals surface area contributed by atoms with Gasteiger partial charge in [-0.15, -0.1) is 0 Å². The van der Waals surface area contributed by atoms with Gasteiger partial charge in [-0.3, -0.25) is 14.5 Å². The molecule has 0 spiro atoms. The molecule has 1 amide bonds. The molecule has 7 nitrogen and oxygen atoms in total. The third-order valence-electron chi connectivity index (χ3n) is 5.63. The molecular formula is C26H25N5O2. The van der Waals surface area contributed by atoms with Crippen LogP contribution in [0.25, 0.3) is 11.3 Å². The molecule has 0 atom stereocenters. The minimum atomic E-state index is -0.200. The van der Waals surface area contributed by atoms with Gasteiger partial charge in [0.1, 0.15) is 5.69 Å². The van der Waals surface area contributed by atoms with Crippen LogP contribution in [0.5, 0.6) is 0 Å². The molecule has 1 saturated heterocycles. The highest BCUT2D eigenvalue weighted by atomic mass is 16.5. The second kappa shape index (κ2) is 9.67. The van der Waals surface area contributed by atoms with E-state index in [1.807, 2.05) is 72.9 Å². The van der Waals surface area contributed by atoms with Gasteiger partial charge >= 0.3 is 0 Å². The van der Waals surface area contributed by atoms with E-state index < -0.39 is 0 Å². The molecule has 5 rings (SSSR count). The van der Waals surface area contributed by atoms with Crippen molar-refractivity contribution in [3.05, 3.63) is 96.4 Å². The van der Waals surface area contributed by atoms with Crippen molar-refractivity contribution in [1.82, 2.24) is 14.8 Å². The van der Waals surface area contributed by atoms with Crippen LogP contribution in [0.15, 0.2) is 85.3 Å². The van der Waals surface area contributed by atoms with E-state index in [2.05, 4.69) is 15.2 Å². The van der Waals surface area contributed by atoms with E-state index in [0.29, 0.717) is 31.0 Å². The minimum Gasteiger partial charge on any atom is -0.378 e. The number of para-hydroxylation sites is 2.